The van der Waals surface area contributed by atoms with Gasteiger partial charge in [-0.15, -0.1) is 0 Å². The van der Waals surface area contributed by atoms with Crippen molar-refractivity contribution < 1.29 is 0 Å². The first-order valence-corrected chi connectivity index (χ1v) is 5.31. The van der Waals surface area contributed by atoms with Crippen molar-refractivity contribution in [3.05, 3.63) is 42.0 Å². The second-order valence-corrected chi connectivity index (χ2v) is 3.58. The van der Waals surface area contributed by atoms with Crippen LogP contribution in [-0.4, -0.2) is 6.04 Å². The molecule has 76 valence electrons. The zero-order valence-corrected chi connectivity index (χ0v) is 8.82. The Morgan fingerprint density at radius 2 is 2.00 bits per heavy atom. The Labute approximate surface area is 86.6 Å². The summed E-state index contributed by atoms with van der Waals surface area (Å²) in [6.45, 7) is 2.19. The summed E-state index contributed by atoms with van der Waals surface area (Å²) in [7, 11) is 0. The number of hydrogen-bond acceptors (Lipinski definition) is 1. The van der Waals surface area contributed by atoms with Crippen LogP contribution in [0.2, 0.25) is 0 Å². The van der Waals surface area contributed by atoms with Crippen LogP contribution in [0, 0.1) is 0 Å². The summed E-state index contributed by atoms with van der Waals surface area (Å²) in [5.41, 5.74) is 7.14. The molecule has 0 unspecified atom stereocenters. The summed E-state index contributed by atoms with van der Waals surface area (Å²) in [4.78, 5) is 0. The summed E-state index contributed by atoms with van der Waals surface area (Å²) in [5, 5.41) is 0. The molecule has 1 aromatic rings. The first kappa shape index (κ1) is 11.0. The highest BCUT2D eigenvalue weighted by Gasteiger charge is 1.95. The lowest BCUT2D eigenvalue weighted by Gasteiger charge is -2.04. The second-order valence-electron chi connectivity index (χ2n) is 3.58. The van der Waals surface area contributed by atoms with E-state index in [9.17, 15) is 0 Å². The lowest BCUT2D eigenvalue weighted by molar-refractivity contribution is 0.656. The van der Waals surface area contributed by atoms with Crippen molar-refractivity contribution in [1.29, 1.82) is 0 Å². The Morgan fingerprint density at radius 1 is 1.29 bits per heavy atom. The summed E-state index contributed by atoms with van der Waals surface area (Å²) in [6, 6.07) is 10.5. The van der Waals surface area contributed by atoms with E-state index >= 15 is 0 Å². The van der Waals surface area contributed by atoms with Crippen molar-refractivity contribution >= 4 is 6.08 Å². The molecule has 1 rings (SSSR count). The number of nitrogens with two attached hydrogens (primary N) is 1. The molecule has 0 spiro atoms. The van der Waals surface area contributed by atoms with Crippen LogP contribution < -0.4 is 5.73 Å². The zero-order chi connectivity index (χ0) is 10.2. The molecular formula is C13H19N. The van der Waals surface area contributed by atoms with Crippen LogP contribution in [0.1, 0.15) is 31.7 Å². The Hall–Kier alpha value is -1.08. The Balaban J connectivity index is 2.39. The molecule has 0 aliphatic rings. The molecule has 0 aliphatic carbocycles. The van der Waals surface area contributed by atoms with Gasteiger partial charge in [0.25, 0.3) is 0 Å². The fourth-order valence-corrected chi connectivity index (χ4v) is 1.33. The minimum Gasteiger partial charge on any atom is -0.324 e. The predicted molar refractivity (Wildman–Crippen MR) is 63.0 cm³/mol. The van der Waals surface area contributed by atoms with Crippen LogP contribution in [0.4, 0.5) is 0 Å². The van der Waals surface area contributed by atoms with E-state index in [-0.39, 0.29) is 6.04 Å². The molecule has 0 aliphatic heterocycles. The van der Waals surface area contributed by atoms with Gasteiger partial charge in [0.2, 0.25) is 0 Å². The van der Waals surface area contributed by atoms with Gasteiger partial charge >= 0.3 is 0 Å². The number of hydrogen-bond donors (Lipinski definition) is 1. The third-order valence-electron chi connectivity index (χ3n) is 2.23. The molecule has 2 N–H and O–H groups in total. The van der Waals surface area contributed by atoms with Gasteiger partial charge in [0.15, 0.2) is 0 Å². The van der Waals surface area contributed by atoms with Gasteiger partial charge in [-0.1, -0.05) is 62.2 Å². The molecule has 0 saturated heterocycles. The van der Waals surface area contributed by atoms with Crippen LogP contribution in [0.3, 0.4) is 0 Å². The van der Waals surface area contributed by atoms with E-state index in [1.165, 1.54) is 18.4 Å². The highest BCUT2D eigenvalue weighted by Crippen LogP contribution is 2.04. The third-order valence-corrected chi connectivity index (χ3v) is 2.23. The van der Waals surface area contributed by atoms with Crippen LogP contribution >= 0.6 is 0 Å². The average molecular weight is 189 g/mol. The van der Waals surface area contributed by atoms with Crippen LogP contribution in [0.5, 0.6) is 0 Å². The first-order valence-electron chi connectivity index (χ1n) is 5.31. The molecule has 0 aromatic heterocycles. The van der Waals surface area contributed by atoms with Gasteiger partial charge in [0, 0.05) is 6.04 Å². The van der Waals surface area contributed by atoms with Gasteiger partial charge in [-0.05, 0) is 12.0 Å². The molecule has 0 radical (unpaired) electrons. The topological polar surface area (TPSA) is 26.0 Å². The minimum atomic E-state index is 0.204. The molecule has 0 saturated carbocycles. The molecule has 1 nitrogen and oxygen atoms in total. The zero-order valence-electron chi connectivity index (χ0n) is 8.82. The molecule has 1 aromatic carbocycles. The standard InChI is InChI=1S/C13H19N/c1-2-3-9-13(14)11-10-12-7-5-4-6-8-12/h4-8,10-11,13H,2-3,9,14H2,1H3/b11-10+/t13-/m1/s1. The molecule has 0 amide bonds. The Bertz CT molecular complexity index is 264. The van der Waals surface area contributed by atoms with Gasteiger partial charge in [0.1, 0.15) is 0 Å². The maximum absolute atomic E-state index is 5.92. The molecule has 1 heteroatoms. The van der Waals surface area contributed by atoms with Crippen molar-refractivity contribution in [2.75, 3.05) is 0 Å². The monoisotopic (exact) mass is 189 g/mol. The van der Waals surface area contributed by atoms with E-state index in [0.717, 1.165) is 6.42 Å². The fourth-order valence-electron chi connectivity index (χ4n) is 1.33. The Kier molecular flexibility index (Phi) is 5.02. The van der Waals surface area contributed by atoms with E-state index in [1.54, 1.807) is 0 Å². The predicted octanol–water partition coefficient (Wildman–Crippen LogP) is 3.22. The molecule has 0 fully saturated rings. The Morgan fingerprint density at radius 3 is 2.64 bits per heavy atom. The van der Waals surface area contributed by atoms with E-state index in [1.807, 2.05) is 18.2 Å². The summed E-state index contributed by atoms with van der Waals surface area (Å²) in [5.74, 6) is 0. The molecule has 0 heterocycles. The third kappa shape index (κ3) is 4.24. The smallest absolute Gasteiger partial charge is 0.0226 e. The lowest BCUT2D eigenvalue weighted by atomic mass is 10.1. The van der Waals surface area contributed by atoms with Crippen molar-refractivity contribution in [3.63, 3.8) is 0 Å². The van der Waals surface area contributed by atoms with Gasteiger partial charge in [-0.2, -0.15) is 0 Å². The van der Waals surface area contributed by atoms with Crippen LogP contribution in [0.15, 0.2) is 36.4 Å². The number of unbranched alkanes of at least 4 members (excludes halogenated alkanes) is 1. The highest BCUT2D eigenvalue weighted by molar-refractivity contribution is 5.49. The second kappa shape index (κ2) is 6.39. The van der Waals surface area contributed by atoms with E-state index in [2.05, 4.69) is 31.2 Å². The average Bonchev–Trinajstić information content (AvgIpc) is 2.25. The summed E-state index contributed by atoms with van der Waals surface area (Å²) < 4.78 is 0. The van der Waals surface area contributed by atoms with Crippen LogP contribution in [-0.2, 0) is 0 Å². The minimum absolute atomic E-state index is 0.204. The SMILES string of the molecule is CCCC[C@@H](N)/C=C/c1ccccc1. The fraction of sp³-hybridized carbons (Fsp3) is 0.385. The largest absolute Gasteiger partial charge is 0.324 e. The highest BCUT2D eigenvalue weighted by atomic mass is 14.6. The number of rotatable bonds is 5. The lowest BCUT2D eigenvalue weighted by Crippen LogP contribution is -2.15. The van der Waals surface area contributed by atoms with Crippen molar-refractivity contribution in [3.8, 4) is 0 Å². The quantitative estimate of drug-likeness (QED) is 0.756. The van der Waals surface area contributed by atoms with Gasteiger partial charge in [-0.3, -0.25) is 0 Å². The number of benzene rings is 1. The normalized spacial score (nSPS) is 13.3. The van der Waals surface area contributed by atoms with Gasteiger partial charge in [-0.25, -0.2) is 0 Å². The molecule has 0 bridgehead atoms. The van der Waals surface area contributed by atoms with Crippen molar-refractivity contribution in [2.24, 2.45) is 5.73 Å². The van der Waals surface area contributed by atoms with Crippen molar-refractivity contribution in [1.82, 2.24) is 0 Å². The summed E-state index contributed by atoms with van der Waals surface area (Å²) in [6.07, 6.45) is 7.69. The van der Waals surface area contributed by atoms with E-state index in [0.29, 0.717) is 0 Å². The molecule has 14 heavy (non-hydrogen) atoms. The summed E-state index contributed by atoms with van der Waals surface area (Å²) >= 11 is 0. The first-order chi connectivity index (χ1) is 6.83. The van der Waals surface area contributed by atoms with E-state index < -0.39 is 0 Å². The van der Waals surface area contributed by atoms with Gasteiger partial charge in [0.05, 0.1) is 0 Å². The maximum atomic E-state index is 5.92. The van der Waals surface area contributed by atoms with E-state index in [4.69, 9.17) is 5.73 Å². The maximum Gasteiger partial charge on any atom is 0.0226 e. The molecule has 1 atom stereocenters. The van der Waals surface area contributed by atoms with Gasteiger partial charge < -0.3 is 5.73 Å². The molecular weight excluding hydrogens is 170 g/mol. The van der Waals surface area contributed by atoms with Crippen LogP contribution in [0.25, 0.3) is 6.08 Å². The van der Waals surface area contributed by atoms with Crippen molar-refractivity contribution in [2.45, 2.75) is 32.2 Å².